The van der Waals surface area contributed by atoms with Gasteiger partial charge in [-0.15, -0.1) is 0 Å². The molecule has 5 nitrogen and oxygen atoms in total. The first-order valence-corrected chi connectivity index (χ1v) is 8.10. The summed E-state index contributed by atoms with van der Waals surface area (Å²) in [7, 11) is 0. The number of hydrogen-bond acceptors (Lipinski definition) is 4. The summed E-state index contributed by atoms with van der Waals surface area (Å²) in [4.78, 5) is 21.1. The zero-order valence-corrected chi connectivity index (χ0v) is 14.2. The molecule has 1 heterocycles. The van der Waals surface area contributed by atoms with Crippen LogP contribution in [0.1, 0.15) is 23.1 Å². The number of hydrogen-bond donors (Lipinski definition) is 1. The van der Waals surface area contributed by atoms with Crippen LogP contribution in [0.15, 0.2) is 60.8 Å². The minimum Gasteiger partial charge on any atom is -0.493 e. The van der Waals surface area contributed by atoms with E-state index < -0.39 is 0 Å². The third-order valence-electron chi connectivity index (χ3n) is 3.62. The number of nitrogens with zero attached hydrogens (tertiary/aromatic N) is 2. The minimum absolute atomic E-state index is 0.208. The fourth-order valence-electron chi connectivity index (χ4n) is 2.51. The lowest BCUT2D eigenvalue weighted by Gasteiger charge is -2.11. The van der Waals surface area contributed by atoms with Crippen LogP contribution in [0.25, 0.3) is 11.3 Å². The van der Waals surface area contributed by atoms with Crippen molar-refractivity contribution in [2.24, 2.45) is 0 Å². The molecule has 126 valence electrons. The fourth-order valence-corrected chi connectivity index (χ4v) is 2.51. The Balaban J connectivity index is 1.84. The Kier molecular flexibility index (Phi) is 5.04. The van der Waals surface area contributed by atoms with Gasteiger partial charge in [0, 0.05) is 17.4 Å². The molecule has 0 radical (unpaired) electrons. The van der Waals surface area contributed by atoms with Gasteiger partial charge in [0.15, 0.2) is 0 Å². The van der Waals surface area contributed by atoms with Crippen molar-refractivity contribution in [2.45, 2.75) is 13.8 Å². The van der Waals surface area contributed by atoms with Crippen molar-refractivity contribution in [2.75, 3.05) is 11.9 Å². The topological polar surface area (TPSA) is 64.1 Å². The highest BCUT2D eigenvalue weighted by atomic mass is 16.5. The average Bonchev–Trinajstić information content (AvgIpc) is 2.63. The molecule has 5 heteroatoms. The van der Waals surface area contributed by atoms with Crippen molar-refractivity contribution in [3.8, 4) is 17.0 Å². The third kappa shape index (κ3) is 4.01. The number of aryl methyl sites for hydroxylation is 1. The van der Waals surface area contributed by atoms with Crippen molar-refractivity contribution in [3.63, 3.8) is 0 Å². The summed E-state index contributed by atoms with van der Waals surface area (Å²) in [6.07, 6.45) is 1.72. The van der Waals surface area contributed by atoms with E-state index in [4.69, 9.17) is 4.74 Å². The molecule has 0 atom stereocenters. The van der Waals surface area contributed by atoms with E-state index in [1.807, 2.05) is 56.3 Å². The van der Waals surface area contributed by atoms with Gasteiger partial charge in [0.1, 0.15) is 11.6 Å². The molecule has 0 unspecified atom stereocenters. The SMILES string of the molecule is CCOc1ccccc1C(=O)Nc1cccc(-c2ccnc(C)n2)c1. The van der Waals surface area contributed by atoms with E-state index in [1.54, 1.807) is 18.3 Å². The van der Waals surface area contributed by atoms with Gasteiger partial charge in [-0.25, -0.2) is 9.97 Å². The maximum absolute atomic E-state index is 12.6. The second-order valence-corrected chi connectivity index (χ2v) is 5.45. The molecule has 0 bridgehead atoms. The molecule has 0 spiro atoms. The number of para-hydroxylation sites is 1. The van der Waals surface area contributed by atoms with E-state index in [0.29, 0.717) is 29.4 Å². The molecule has 3 aromatic rings. The molecule has 0 fully saturated rings. The number of benzene rings is 2. The van der Waals surface area contributed by atoms with Gasteiger partial charge in [-0.3, -0.25) is 4.79 Å². The summed E-state index contributed by atoms with van der Waals surface area (Å²) >= 11 is 0. The predicted octanol–water partition coefficient (Wildman–Crippen LogP) is 4.10. The Hall–Kier alpha value is -3.21. The van der Waals surface area contributed by atoms with Gasteiger partial charge >= 0.3 is 0 Å². The molecule has 1 amide bonds. The van der Waals surface area contributed by atoms with E-state index in [-0.39, 0.29) is 5.91 Å². The number of carbonyl (C=O) groups excluding carboxylic acids is 1. The van der Waals surface area contributed by atoms with Gasteiger partial charge in [0.2, 0.25) is 0 Å². The Morgan fingerprint density at radius 2 is 1.96 bits per heavy atom. The van der Waals surface area contributed by atoms with Gasteiger partial charge in [-0.2, -0.15) is 0 Å². The summed E-state index contributed by atoms with van der Waals surface area (Å²) in [5, 5.41) is 2.92. The monoisotopic (exact) mass is 333 g/mol. The summed E-state index contributed by atoms with van der Waals surface area (Å²) in [6, 6.07) is 16.6. The van der Waals surface area contributed by atoms with Crippen molar-refractivity contribution >= 4 is 11.6 Å². The number of ether oxygens (including phenoxy) is 1. The zero-order chi connectivity index (χ0) is 17.6. The number of carbonyl (C=O) groups is 1. The Labute approximate surface area is 146 Å². The van der Waals surface area contributed by atoms with Crippen molar-refractivity contribution in [1.29, 1.82) is 0 Å². The summed E-state index contributed by atoms with van der Waals surface area (Å²) in [5.41, 5.74) is 2.94. The molecule has 3 rings (SSSR count). The highest BCUT2D eigenvalue weighted by Gasteiger charge is 2.12. The van der Waals surface area contributed by atoms with Crippen molar-refractivity contribution < 1.29 is 9.53 Å². The zero-order valence-electron chi connectivity index (χ0n) is 14.2. The number of rotatable bonds is 5. The smallest absolute Gasteiger partial charge is 0.259 e. The van der Waals surface area contributed by atoms with E-state index in [2.05, 4.69) is 15.3 Å². The Morgan fingerprint density at radius 1 is 1.12 bits per heavy atom. The molecule has 0 saturated heterocycles. The fraction of sp³-hybridized carbons (Fsp3) is 0.150. The number of aromatic nitrogens is 2. The second kappa shape index (κ2) is 7.57. The van der Waals surface area contributed by atoms with E-state index in [0.717, 1.165) is 11.3 Å². The maximum Gasteiger partial charge on any atom is 0.259 e. The summed E-state index contributed by atoms with van der Waals surface area (Å²) < 4.78 is 5.52. The molecule has 0 aliphatic heterocycles. The van der Waals surface area contributed by atoms with Crippen molar-refractivity contribution in [1.82, 2.24) is 9.97 Å². The van der Waals surface area contributed by atoms with Crippen LogP contribution >= 0.6 is 0 Å². The number of anilines is 1. The Bertz CT molecular complexity index is 893. The highest BCUT2D eigenvalue weighted by Crippen LogP contribution is 2.23. The lowest BCUT2D eigenvalue weighted by molar-refractivity contribution is 0.102. The molecule has 0 saturated carbocycles. The van der Waals surface area contributed by atoms with E-state index in [9.17, 15) is 4.79 Å². The minimum atomic E-state index is -0.208. The average molecular weight is 333 g/mol. The van der Waals surface area contributed by atoms with Crippen LogP contribution in [-0.2, 0) is 0 Å². The van der Waals surface area contributed by atoms with Crippen LogP contribution in [0.5, 0.6) is 5.75 Å². The number of nitrogens with one attached hydrogen (secondary N) is 1. The Morgan fingerprint density at radius 3 is 2.76 bits per heavy atom. The van der Waals surface area contributed by atoms with Gasteiger partial charge in [-0.05, 0) is 44.2 Å². The maximum atomic E-state index is 12.6. The molecule has 1 aromatic heterocycles. The third-order valence-corrected chi connectivity index (χ3v) is 3.62. The highest BCUT2D eigenvalue weighted by molar-refractivity contribution is 6.06. The van der Waals surface area contributed by atoms with Crippen LogP contribution in [-0.4, -0.2) is 22.5 Å². The molecule has 2 aromatic carbocycles. The van der Waals surface area contributed by atoms with Gasteiger partial charge < -0.3 is 10.1 Å². The van der Waals surface area contributed by atoms with Crippen molar-refractivity contribution in [3.05, 3.63) is 72.2 Å². The first-order chi connectivity index (χ1) is 12.2. The lowest BCUT2D eigenvalue weighted by atomic mass is 10.1. The van der Waals surface area contributed by atoms with E-state index in [1.165, 1.54) is 0 Å². The first kappa shape index (κ1) is 16.6. The second-order valence-electron chi connectivity index (χ2n) is 5.45. The van der Waals surface area contributed by atoms with Crippen LogP contribution in [0.3, 0.4) is 0 Å². The lowest BCUT2D eigenvalue weighted by Crippen LogP contribution is -2.13. The summed E-state index contributed by atoms with van der Waals surface area (Å²) in [5.74, 6) is 1.07. The standard InChI is InChI=1S/C20H19N3O2/c1-3-25-19-10-5-4-9-17(19)20(24)23-16-8-6-7-15(13-16)18-11-12-21-14(2)22-18/h4-13H,3H2,1-2H3,(H,23,24). The normalized spacial score (nSPS) is 10.3. The van der Waals surface area contributed by atoms with Gasteiger partial charge in [0.25, 0.3) is 5.91 Å². The largest absolute Gasteiger partial charge is 0.493 e. The molecular formula is C20H19N3O2. The van der Waals surface area contributed by atoms with E-state index >= 15 is 0 Å². The van der Waals surface area contributed by atoms with Crippen LogP contribution < -0.4 is 10.1 Å². The molecule has 1 N–H and O–H groups in total. The van der Waals surface area contributed by atoms with Gasteiger partial charge in [0.05, 0.1) is 17.9 Å². The molecular weight excluding hydrogens is 314 g/mol. The van der Waals surface area contributed by atoms with Crippen LogP contribution in [0, 0.1) is 6.92 Å². The predicted molar refractivity (Wildman–Crippen MR) is 97.8 cm³/mol. The van der Waals surface area contributed by atoms with Gasteiger partial charge in [-0.1, -0.05) is 24.3 Å². The quantitative estimate of drug-likeness (QED) is 0.763. The molecule has 25 heavy (non-hydrogen) atoms. The van der Waals surface area contributed by atoms with Crippen LogP contribution in [0.4, 0.5) is 5.69 Å². The van der Waals surface area contributed by atoms with Crippen LogP contribution in [0.2, 0.25) is 0 Å². The summed E-state index contributed by atoms with van der Waals surface area (Å²) in [6.45, 7) is 4.24. The molecule has 0 aliphatic carbocycles. The number of amides is 1. The first-order valence-electron chi connectivity index (χ1n) is 8.10. The molecule has 0 aliphatic rings.